The van der Waals surface area contributed by atoms with Crippen LogP contribution in [0.2, 0.25) is 15.1 Å². The molecule has 8 heteroatoms. The Labute approximate surface area is 196 Å². The van der Waals surface area contributed by atoms with E-state index in [1.807, 2.05) is 41.1 Å². The number of hydrogen-bond donors (Lipinski definition) is 0. The van der Waals surface area contributed by atoms with Crippen LogP contribution in [-0.2, 0) is 33.8 Å². The maximum absolute atomic E-state index is 6.38. The van der Waals surface area contributed by atoms with Crippen LogP contribution in [0, 0.1) is 0 Å². The van der Waals surface area contributed by atoms with Crippen molar-refractivity contribution >= 4 is 34.8 Å². The van der Waals surface area contributed by atoms with E-state index in [4.69, 9.17) is 49.0 Å². The van der Waals surface area contributed by atoms with Crippen molar-refractivity contribution in [3.63, 3.8) is 0 Å². The van der Waals surface area contributed by atoms with Crippen LogP contribution in [0.4, 0.5) is 0 Å². The molecule has 1 aliphatic rings. The Bertz CT molecular complexity index is 962. The van der Waals surface area contributed by atoms with E-state index in [2.05, 4.69) is 4.98 Å². The highest BCUT2D eigenvalue weighted by molar-refractivity contribution is 6.35. The monoisotopic (exact) mass is 480 g/mol. The van der Waals surface area contributed by atoms with Gasteiger partial charge in [0.25, 0.3) is 0 Å². The molecule has 2 aromatic carbocycles. The number of nitrogens with zero attached hydrogens (tertiary/aromatic N) is 2. The third-order valence-electron chi connectivity index (χ3n) is 5.22. The number of imidazole rings is 1. The quantitative estimate of drug-likeness (QED) is 0.387. The molecule has 31 heavy (non-hydrogen) atoms. The molecular weight excluding hydrogens is 459 g/mol. The fourth-order valence-electron chi connectivity index (χ4n) is 3.60. The van der Waals surface area contributed by atoms with Gasteiger partial charge in [-0.3, -0.25) is 0 Å². The molecule has 0 saturated carbocycles. The number of benzene rings is 2. The van der Waals surface area contributed by atoms with Crippen molar-refractivity contribution in [2.75, 3.05) is 13.2 Å². The Morgan fingerprint density at radius 2 is 1.87 bits per heavy atom. The molecule has 0 aliphatic carbocycles. The number of hydrogen-bond acceptors (Lipinski definition) is 4. The lowest BCUT2D eigenvalue weighted by atomic mass is 10.0. The number of aromatic nitrogens is 2. The Balaban J connectivity index is 1.37. The molecule has 1 fully saturated rings. The first kappa shape index (κ1) is 22.6. The number of aryl methyl sites for hydroxylation is 1. The Morgan fingerprint density at radius 3 is 2.58 bits per heavy atom. The second-order valence-electron chi connectivity index (χ2n) is 7.54. The summed E-state index contributed by atoms with van der Waals surface area (Å²) in [4.78, 5) is 4.13. The van der Waals surface area contributed by atoms with Crippen molar-refractivity contribution in [1.82, 2.24) is 9.55 Å². The zero-order valence-corrected chi connectivity index (χ0v) is 19.1. The molecule has 3 aromatic rings. The summed E-state index contributed by atoms with van der Waals surface area (Å²) in [5.74, 6) is -0.754. The van der Waals surface area contributed by atoms with Gasteiger partial charge >= 0.3 is 0 Å². The van der Waals surface area contributed by atoms with E-state index >= 15 is 0 Å². The van der Waals surface area contributed by atoms with Gasteiger partial charge in [-0.15, -0.1) is 0 Å². The van der Waals surface area contributed by atoms with E-state index in [1.54, 1.807) is 24.7 Å². The largest absolute Gasteiger partial charge is 0.374 e. The van der Waals surface area contributed by atoms with Gasteiger partial charge in [-0.1, -0.05) is 53.0 Å². The average Bonchev–Trinajstić information content (AvgIpc) is 3.41. The van der Waals surface area contributed by atoms with E-state index in [0.717, 1.165) is 17.0 Å². The highest BCUT2D eigenvalue weighted by Gasteiger charge is 2.41. The second kappa shape index (κ2) is 10.3. The van der Waals surface area contributed by atoms with E-state index < -0.39 is 5.79 Å². The molecule has 5 nitrogen and oxygen atoms in total. The van der Waals surface area contributed by atoms with Crippen LogP contribution in [0.15, 0.2) is 61.2 Å². The van der Waals surface area contributed by atoms with Crippen molar-refractivity contribution < 1.29 is 14.2 Å². The number of halogens is 3. The molecule has 2 atom stereocenters. The lowest BCUT2D eigenvalue weighted by Crippen LogP contribution is -2.37. The van der Waals surface area contributed by atoms with Crippen LogP contribution in [0.3, 0.4) is 0 Å². The predicted molar refractivity (Wildman–Crippen MR) is 122 cm³/mol. The van der Waals surface area contributed by atoms with Crippen molar-refractivity contribution in [3.8, 4) is 0 Å². The van der Waals surface area contributed by atoms with Gasteiger partial charge in [-0.2, -0.15) is 0 Å². The standard InChI is InChI=1S/C23H23Cl3N2O3/c24-18-6-4-17(5-7-18)8-9-23(15-28-11-10-27-16-28)30-13-19(31-23)12-29-14-20-21(25)2-1-3-22(20)26/h1-7,10-11,16,19H,8-9,12-15H2. The highest BCUT2D eigenvalue weighted by atomic mass is 35.5. The highest BCUT2D eigenvalue weighted by Crippen LogP contribution is 2.32. The SMILES string of the molecule is Clc1ccc(CCC2(Cn3ccnc3)OCC(COCc3c(Cl)cccc3Cl)O2)cc1. The van der Waals surface area contributed by atoms with E-state index in [1.165, 1.54) is 5.56 Å². The minimum atomic E-state index is -0.754. The second-order valence-corrected chi connectivity index (χ2v) is 8.79. The van der Waals surface area contributed by atoms with Gasteiger partial charge in [0.1, 0.15) is 6.10 Å². The molecule has 164 valence electrons. The van der Waals surface area contributed by atoms with Crippen LogP contribution in [0.25, 0.3) is 0 Å². The molecule has 0 N–H and O–H groups in total. The molecule has 0 amide bonds. The summed E-state index contributed by atoms with van der Waals surface area (Å²) in [5, 5.41) is 1.91. The van der Waals surface area contributed by atoms with Crippen LogP contribution in [0.5, 0.6) is 0 Å². The maximum Gasteiger partial charge on any atom is 0.187 e. The molecule has 0 radical (unpaired) electrons. The van der Waals surface area contributed by atoms with Crippen LogP contribution in [-0.4, -0.2) is 34.7 Å². The van der Waals surface area contributed by atoms with Crippen molar-refractivity contribution in [2.45, 2.75) is 37.9 Å². The Kier molecular flexibility index (Phi) is 7.54. The number of ether oxygens (including phenoxy) is 3. The molecular formula is C23H23Cl3N2O3. The molecule has 2 heterocycles. The molecule has 1 aromatic heterocycles. The van der Waals surface area contributed by atoms with Gasteiger partial charge in [0, 0.05) is 39.4 Å². The third kappa shape index (κ3) is 6.01. The lowest BCUT2D eigenvalue weighted by molar-refractivity contribution is -0.187. The fraction of sp³-hybridized carbons (Fsp3) is 0.348. The first-order valence-electron chi connectivity index (χ1n) is 10.1. The zero-order valence-electron chi connectivity index (χ0n) is 16.8. The first-order chi connectivity index (χ1) is 15.0. The summed E-state index contributed by atoms with van der Waals surface area (Å²) in [6.45, 7) is 1.70. The van der Waals surface area contributed by atoms with Crippen molar-refractivity contribution in [3.05, 3.63) is 87.4 Å². The van der Waals surface area contributed by atoms with Gasteiger partial charge in [-0.05, 0) is 36.2 Å². The van der Waals surface area contributed by atoms with Crippen molar-refractivity contribution in [2.24, 2.45) is 0 Å². The van der Waals surface area contributed by atoms with Crippen LogP contribution >= 0.6 is 34.8 Å². The molecule has 1 aliphatic heterocycles. The summed E-state index contributed by atoms with van der Waals surface area (Å²) in [5.41, 5.74) is 1.95. The summed E-state index contributed by atoms with van der Waals surface area (Å²) in [6, 6.07) is 13.3. The Hall–Kier alpha value is -1.60. The summed E-state index contributed by atoms with van der Waals surface area (Å²) < 4.78 is 20.4. The van der Waals surface area contributed by atoms with Gasteiger partial charge in [0.2, 0.25) is 0 Å². The molecule has 2 unspecified atom stereocenters. The van der Waals surface area contributed by atoms with Gasteiger partial charge in [0.15, 0.2) is 5.79 Å². The van der Waals surface area contributed by atoms with Crippen molar-refractivity contribution in [1.29, 1.82) is 0 Å². The van der Waals surface area contributed by atoms with Gasteiger partial charge < -0.3 is 18.8 Å². The summed E-state index contributed by atoms with van der Waals surface area (Å²) in [7, 11) is 0. The lowest BCUT2D eigenvalue weighted by Gasteiger charge is -2.28. The first-order valence-corrected chi connectivity index (χ1v) is 11.2. The predicted octanol–water partition coefficient (Wildman–Crippen LogP) is 5.80. The van der Waals surface area contributed by atoms with E-state index in [0.29, 0.717) is 42.8 Å². The smallest absolute Gasteiger partial charge is 0.187 e. The zero-order chi connectivity index (χ0) is 21.7. The third-order valence-corrected chi connectivity index (χ3v) is 6.18. The fourth-order valence-corrected chi connectivity index (χ4v) is 4.23. The summed E-state index contributed by atoms with van der Waals surface area (Å²) >= 11 is 18.4. The van der Waals surface area contributed by atoms with Gasteiger partial charge in [-0.25, -0.2) is 4.98 Å². The Morgan fingerprint density at radius 1 is 1.10 bits per heavy atom. The van der Waals surface area contributed by atoms with Gasteiger partial charge in [0.05, 0.1) is 32.7 Å². The molecule has 1 saturated heterocycles. The van der Waals surface area contributed by atoms with Crippen LogP contribution in [0.1, 0.15) is 17.5 Å². The maximum atomic E-state index is 6.38. The molecule has 0 spiro atoms. The normalized spacial score (nSPS) is 20.9. The summed E-state index contributed by atoms with van der Waals surface area (Å²) in [6.07, 6.45) is 6.72. The molecule has 4 rings (SSSR count). The minimum Gasteiger partial charge on any atom is -0.374 e. The minimum absolute atomic E-state index is 0.185. The van der Waals surface area contributed by atoms with E-state index in [-0.39, 0.29) is 6.10 Å². The molecule has 0 bridgehead atoms. The van der Waals surface area contributed by atoms with Crippen LogP contribution < -0.4 is 0 Å². The number of rotatable bonds is 9. The van der Waals surface area contributed by atoms with E-state index in [9.17, 15) is 0 Å². The average molecular weight is 482 g/mol. The topological polar surface area (TPSA) is 45.5 Å².